The number of hydrogen-bond acceptors (Lipinski definition) is 7. The molecule has 8 atom stereocenters. The van der Waals surface area contributed by atoms with Gasteiger partial charge in [0, 0.05) is 30.4 Å². The first kappa shape index (κ1) is 34.8. The number of H-pyrrole nitrogens is 1. The monoisotopic (exact) mass is 704 g/mol. The molecule has 0 radical (unpaired) electrons. The Balaban J connectivity index is 0.920. The van der Waals surface area contributed by atoms with Crippen molar-refractivity contribution in [3.05, 3.63) is 72.3 Å². The van der Waals surface area contributed by atoms with Crippen molar-refractivity contribution in [2.45, 2.75) is 121 Å². The molecule has 3 N–H and O–H groups in total. The van der Waals surface area contributed by atoms with Crippen molar-refractivity contribution < 1.29 is 19.1 Å². The minimum Gasteiger partial charge on any atom is -0.453 e. The molecule has 2 amide bonds. The Hall–Kier alpha value is -4.28. The van der Waals surface area contributed by atoms with E-state index < -0.39 is 12.1 Å². The Morgan fingerprint density at radius 3 is 2.29 bits per heavy atom. The first-order valence-corrected chi connectivity index (χ1v) is 19.3. The number of aliphatic imine (C=N–C) groups is 1. The SMILES string of the molecule is COC(=O)N[C@H](C(=O)N1[C@@H](C)CC[C@H]1C1=NC=C(c2ccc(-c3ccc(-c4cnc([C@@H]5CC[C@H](C)N5)[nH]4)cc3)cc2)C1)[C@H]1C[C@@H](C)O[C@H](C2CC2)C1. The van der Waals surface area contributed by atoms with Gasteiger partial charge in [-0.15, -0.1) is 0 Å². The van der Waals surface area contributed by atoms with Gasteiger partial charge in [-0.2, -0.15) is 0 Å². The maximum atomic E-state index is 14.5. The molecule has 10 heteroatoms. The molecule has 0 unspecified atom stereocenters. The highest BCUT2D eigenvalue weighted by Crippen LogP contribution is 2.43. The van der Waals surface area contributed by atoms with E-state index >= 15 is 0 Å². The van der Waals surface area contributed by atoms with Gasteiger partial charge in [-0.25, -0.2) is 9.78 Å². The molecule has 1 aromatic heterocycles. The molecule has 10 nitrogen and oxygen atoms in total. The number of amides is 2. The van der Waals surface area contributed by atoms with E-state index in [0.29, 0.717) is 24.4 Å². The van der Waals surface area contributed by atoms with Crippen LogP contribution in [0.2, 0.25) is 0 Å². The highest BCUT2D eigenvalue weighted by atomic mass is 16.5. The van der Waals surface area contributed by atoms with E-state index in [1.54, 1.807) is 0 Å². The number of imidazole rings is 1. The Labute approximate surface area is 306 Å². The van der Waals surface area contributed by atoms with Gasteiger partial charge in [-0.1, -0.05) is 48.5 Å². The first-order valence-electron chi connectivity index (χ1n) is 19.3. The maximum Gasteiger partial charge on any atom is 0.407 e. The van der Waals surface area contributed by atoms with Crippen LogP contribution in [0.1, 0.15) is 96.0 Å². The predicted molar refractivity (Wildman–Crippen MR) is 203 cm³/mol. The molecule has 5 aliphatic rings. The van der Waals surface area contributed by atoms with Crippen molar-refractivity contribution in [1.82, 2.24) is 25.5 Å². The van der Waals surface area contributed by atoms with Gasteiger partial charge in [-0.3, -0.25) is 9.79 Å². The fourth-order valence-electron chi connectivity index (χ4n) is 9.03. The molecule has 52 heavy (non-hydrogen) atoms. The standard InChI is InChI=1S/C42H52N6O4/c1-24-5-17-34(45-24)40-44-23-36(46-40)30-13-11-28(12-14-30)27-7-9-29(10-8-27)33-20-35(43-22-33)37-18-6-25(2)48(37)41(49)39(47-42(50)51-4)32-19-26(3)52-38(21-32)31-15-16-31/h7-14,22-26,31-32,34,37-39,45H,5-6,15-21H2,1-4H3,(H,44,46)(H,47,50)/t24-,25-,26+,32-,34-,37-,38-,39-/m0/s1. The molecular weight excluding hydrogens is 653 g/mol. The summed E-state index contributed by atoms with van der Waals surface area (Å²) in [6.45, 7) is 6.42. The van der Waals surface area contributed by atoms with E-state index in [0.717, 1.165) is 77.2 Å². The molecule has 4 fully saturated rings. The summed E-state index contributed by atoms with van der Waals surface area (Å²) in [7, 11) is 1.35. The molecule has 4 aliphatic heterocycles. The quantitative estimate of drug-likeness (QED) is 0.213. The summed E-state index contributed by atoms with van der Waals surface area (Å²) in [4.78, 5) is 42.2. The van der Waals surface area contributed by atoms with Crippen LogP contribution in [0, 0.1) is 11.8 Å². The van der Waals surface area contributed by atoms with Crippen molar-refractivity contribution >= 4 is 23.3 Å². The third-order valence-electron chi connectivity index (χ3n) is 12.1. The van der Waals surface area contributed by atoms with Crippen LogP contribution < -0.4 is 10.6 Å². The number of methoxy groups -OCH3 is 1. The highest BCUT2D eigenvalue weighted by molar-refractivity contribution is 6.04. The maximum absolute atomic E-state index is 14.5. The van der Waals surface area contributed by atoms with Crippen molar-refractivity contribution in [1.29, 1.82) is 0 Å². The van der Waals surface area contributed by atoms with Crippen molar-refractivity contribution in [3.63, 3.8) is 0 Å². The van der Waals surface area contributed by atoms with Crippen LogP contribution in [0.4, 0.5) is 4.79 Å². The molecule has 274 valence electrons. The number of allylic oxidation sites excluding steroid dienone is 1. The van der Waals surface area contributed by atoms with Crippen LogP contribution in [0.3, 0.4) is 0 Å². The fraction of sp³-hybridized carbons (Fsp3) is 0.524. The van der Waals surface area contributed by atoms with Gasteiger partial charge in [0.1, 0.15) is 11.9 Å². The van der Waals surface area contributed by atoms with E-state index in [4.69, 9.17) is 14.5 Å². The summed E-state index contributed by atoms with van der Waals surface area (Å²) >= 11 is 0. The van der Waals surface area contributed by atoms with Crippen LogP contribution in [0.25, 0.3) is 28.0 Å². The number of hydrogen-bond donors (Lipinski definition) is 3. The average Bonchev–Trinajstić information content (AvgIpc) is 3.50. The van der Waals surface area contributed by atoms with Crippen LogP contribution in [0.15, 0.2) is 65.9 Å². The molecule has 2 aromatic carbocycles. The summed E-state index contributed by atoms with van der Waals surface area (Å²) in [6, 6.07) is 17.4. The summed E-state index contributed by atoms with van der Waals surface area (Å²) in [5, 5.41) is 6.56. The fourth-order valence-corrected chi connectivity index (χ4v) is 9.03. The Kier molecular flexibility index (Phi) is 9.78. The number of carbonyl (C=O) groups is 2. The van der Waals surface area contributed by atoms with Crippen molar-refractivity contribution in [2.75, 3.05) is 7.11 Å². The predicted octanol–water partition coefficient (Wildman–Crippen LogP) is 7.44. The van der Waals surface area contributed by atoms with E-state index in [9.17, 15) is 9.59 Å². The van der Waals surface area contributed by atoms with E-state index in [-0.39, 0.29) is 36.1 Å². The molecule has 0 bridgehead atoms. The lowest BCUT2D eigenvalue weighted by molar-refractivity contribution is -0.139. The molecular formula is C42H52N6O4. The minimum absolute atomic E-state index is 0.00944. The zero-order valence-corrected chi connectivity index (χ0v) is 30.8. The second-order valence-electron chi connectivity index (χ2n) is 15.8. The lowest BCUT2D eigenvalue weighted by atomic mass is 9.83. The number of aromatic nitrogens is 2. The average molecular weight is 705 g/mol. The van der Waals surface area contributed by atoms with Crippen LogP contribution in [-0.2, 0) is 14.3 Å². The Morgan fingerprint density at radius 2 is 1.62 bits per heavy atom. The smallest absolute Gasteiger partial charge is 0.407 e. The third kappa shape index (κ3) is 7.20. The van der Waals surface area contributed by atoms with Crippen molar-refractivity contribution in [2.24, 2.45) is 16.8 Å². The van der Waals surface area contributed by atoms with Gasteiger partial charge in [0.2, 0.25) is 5.91 Å². The molecule has 8 rings (SSSR count). The van der Waals surface area contributed by atoms with Crippen LogP contribution in [-0.4, -0.2) is 76.1 Å². The van der Waals surface area contributed by atoms with Gasteiger partial charge in [-0.05, 0) is 112 Å². The highest BCUT2D eigenvalue weighted by Gasteiger charge is 2.47. The van der Waals surface area contributed by atoms with E-state index in [1.807, 2.05) is 17.3 Å². The number of rotatable bonds is 9. The Morgan fingerprint density at radius 1 is 0.904 bits per heavy atom. The summed E-state index contributed by atoms with van der Waals surface area (Å²) < 4.78 is 11.3. The number of carbonyl (C=O) groups excluding carboxylic acids is 2. The van der Waals surface area contributed by atoms with E-state index in [2.05, 4.69) is 89.9 Å². The number of aromatic amines is 1. The summed E-state index contributed by atoms with van der Waals surface area (Å²) in [5.41, 5.74) is 7.77. The second kappa shape index (κ2) is 14.6. The van der Waals surface area contributed by atoms with Crippen LogP contribution in [0.5, 0.6) is 0 Å². The molecule has 1 saturated carbocycles. The third-order valence-corrected chi connectivity index (χ3v) is 12.1. The van der Waals surface area contributed by atoms with Gasteiger partial charge >= 0.3 is 6.09 Å². The van der Waals surface area contributed by atoms with Gasteiger partial charge < -0.3 is 30.0 Å². The lowest BCUT2D eigenvalue weighted by Gasteiger charge is -2.40. The summed E-state index contributed by atoms with van der Waals surface area (Å²) in [5.74, 6) is 1.54. The number of alkyl carbamates (subject to hydrolysis) is 1. The van der Waals surface area contributed by atoms with Gasteiger partial charge in [0.25, 0.3) is 0 Å². The zero-order valence-electron chi connectivity index (χ0n) is 30.8. The van der Waals surface area contributed by atoms with Crippen molar-refractivity contribution in [3.8, 4) is 22.4 Å². The number of benzene rings is 2. The largest absolute Gasteiger partial charge is 0.453 e. The van der Waals surface area contributed by atoms with Gasteiger partial charge in [0.15, 0.2) is 0 Å². The second-order valence-corrected chi connectivity index (χ2v) is 15.8. The Bertz CT molecular complexity index is 1830. The number of likely N-dealkylation sites (tertiary alicyclic amines) is 1. The normalized spacial score (nSPS) is 29.5. The van der Waals surface area contributed by atoms with Crippen LogP contribution >= 0.6 is 0 Å². The summed E-state index contributed by atoms with van der Waals surface area (Å²) in [6.07, 6.45) is 12.1. The molecule has 5 heterocycles. The van der Waals surface area contributed by atoms with Gasteiger partial charge in [0.05, 0.1) is 43.3 Å². The number of nitrogens with zero attached hydrogens (tertiary/aromatic N) is 3. The number of nitrogens with one attached hydrogen (secondary N) is 3. The van der Waals surface area contributed by atoms with E-state index in [1.165, 1.54) is 26.4 Å². The minimum atomic E-state index is -0.658. The lowest BCUT2D eigenvalue weighted by Crippen LogP contribution is -2.57. The first-order chi connectivity index (χ1) is 25.2. The molecule has 1 aliphatic carbocycles. The molecule has 3 saturated heterocycles. The number of ether oxygens (including phenoxy) is 2. The topological polar surface area (TPSA) is 121 Å². The molecule has 0 spiro atoms. The molecule has 3 aromatic rings. The zero-order chi connectivity index (χ0) is 35.9.